The molecule has 0 amide bonds. The molecule has 14 rings (SSSR count). The predicted molar refractivity (Wildman–Crippen MR) is 157 cm³/mol. The molecule has 0 unspecified atom stereocenters. The minimum Gasteiger partial charge on any atom is -0.0464 e. The highest BCUT2D eigenvalue weighted by molar-refractivity contribution is 6.62. The fourth-order valence-corrected chi connectivity index (χ4v) is 9.92. The van der Waals surface area contributed by atoms with Gasteiger partial charge in [0.2, 0.25) is 0 Å². The summed E-state index contributed by atoms with van der Waals surface area (Å²) in [4.78, 5) is 0. The van der Waals surface area contributed by atoms with Crippen LogP contribution < -0.4 is 0 Å². The van der Waals surface area contributed by atoms with Crippen molar-refractivity contribution in [1.82, 2.24) is 0 Å². The van der Waals surface area contributed by atoms with E-state index in [9.17, 15) is 0 Å². The first-order valence-electron chi connectivity index (χ1n) is 13.0. The number of benzene rings is 8. The molecular weight excluding hydrogens is 432 g/mol. The average Bonchev–Trinajstić information content (AvgIpc) is 3.68. The van der Waals surface area contributed by atoms with E-state index >= 15 is 0 Å². The van der Waals surface area contributed by atoms with Gasteiger partial charge in [0.05, 0.1) is 0 Å². The molecule has 0 heteroatoms. The number of hydrogen-bond donors (Lipinski definition) is 0. The maximum atomic E-state index is 2.48. The van der Waals surface area contributed by atoms with Gasteiger partial charge in [-0.2, -0.15) is 0 Å². The lowest BCUT2D eigenvalue weighted by Crippen LogP contribution is -1.93. The Hall–Kier alpha value is -4.68. The van der Waals surface area contributed by atoms with Crippen LogP contribution in [0.1, 0.15) is 0 Å². The van der Waals surface area contributed by atoms with E-state index in [4.69, 9.17) is 0 Å². The Labute approximate surface area is 200 Å². The summed E-state index contributed by atoms with van der Waals surface area (Å²) in [7, 11) is 0. The van der Waals surface area contributed by atoms with Crippen molar-refractivity contribution in [3.63, 3.8) is 0 Å². The Balaban J connectivity index is 1.64. The lowest BCUT2D eigenvalue weighted by atomic mass is 9.79. The second-order valence-electron chi connectivity index (χ2n) is 12.0. The summed E-state index contributed by atoms with van der Waals surface area (Å²) in [5.41, 5.74) is 0. The van der Waals surface area contributed by atoms with Gasteiger partial charge in [0.1, 0.15) is 0 Å². The summed E-state index contributed by atoms with van der Waals surface area (Å²) in [6.45, 7) is 0. The van der Waals surface area contributed by atoms with Crippen LogP contribution >= 0.6 is 0 Å². The van der Waals surface area contributed by atoms with Gasteiger partial charge in [0.25, 0.3) is 0 Å². The first-order chi connectivity index (χ1) is 17.8. The zero-order chi connectivity index (χ0) is 22.1. The van der Waals surface area contributed by atoms with Gasteiger partial charge >= 0.3 is 0 Å². The minimum absolute atomic E-state index is 1.42. The molecule has 0 aliphatic carbocycles. The van der Waals surface area contributed by atoms with E-state index in [-0.39, 0.29) is 0 Å². The van der Waals surface area contributed by atoms with Crippen molar-refractivity contribution < 1.29 is 0 Å². The van der Waals surface area contributed by atoms with E-state index in [1.807, 2.05) is 0 Å². The SMILES string of the molecule is c1c2cc3cc4cc5cc6cc7cc8cc9cc%10cc1c1c2c3c2c4c5c3c6c7c8c4c9c%10c1c2c43. The predicted octanol–water partition coefficient (Wildman–Crippen LogP) is 10.5. The molecule has 0 saturated carbocycles. The summed E-state index contributed by atoms with van der Waals surface area (Å²) in [6, 6.07) is 24.7. The van der Waals surface area contributed by atoms with Crippen LogP contribution in [0.3, 0.4) is 0 Å². The van der Waals surface area contributed by atoms with Crippen molar-refractivity contribution in [3.8, 4) is 0 Å². The quantitative estimate of drug-likeness (QED) is 0.162. The molecule has 0 saturated heterocycles. The maximum Gasteiger partial charge on any atom is -0.00000299 e. The molecule has 0 atom stereocenters. The highest BCUT2D eigenvalue weighted by Crippen LogP contribution is 2.62. The molecule has 36 heavy (non-hydrogen) atoms. The van der Waals surface area contributed by atoms with Gasteiger partial charge in [-0.1, -0.05) is 0 Å². The van der Waals surface area contributed by atoms with E-state index in [0.29, 0.717) is 0 Å². The zero-order valence-electron chi connectivity index (χ0n) is 18.8. The zero-order valence-corrected chi connectivity index (χ0v) is 18.8. The van der Waals surface area contributed by atoms with Gasteiger partial charge in [0, 0.05) is 0 Å². The average molecular weight is 442 g/mol. The van der Waals surface area contributed by atoms with Crippen LogP contribution in [0.15, 0.2) is 60.7 Å². The van der Waals surface area contributed by atoms with Crippen molar-refractivity contribution in [3.05, 3.63) is 60.7 Å². The molecule has 0 aliphatic rings. The molecule has 0 radical (unpaired) electrons. The lowest BCUT2D eigenvalue weighted by molar-refractivity contribution is 2.03. The van der Waals surface area contributed by atoms with Gasteiger partial charge in [0.15, 0.2) is 0 Å². The molecule has 0 nitrogen and oxygen atoms in total. The summed E-state index contributed by atoms with van der Waals surface area (Å²) in [6.07, 6.45) is 0. The molecule has 0 fully saturated rings. The molecule has 0 N–H and O–H groups in total. The van der Waals surface area contributed by atoms with Crippen LogP contribution in [0.25, 0.3) is 140 Å². The van der Waals surface area contributed by atoms with Crippen LogP contribution in [0.5, 0.6) is 0 Å². The van der Waals surface area contributed by atoms with Crippen molar-refractivity contribution >= 4 is 140 Å². The Morgan fingerprint density at radius 2 is 0.250 bits per heavy atom. The van der Waals surface area contributed by atoms with Crippen molar-refractivity contribution in [1.29, 1.82) is 0 Å². The van der Waals surface area contributed by atoms with Crippen LogP contribution in [-0.2, 0) is 0 Å². The normalized spacial score (nSPS) is 15.2. The van der Waals surface area contributed by atoms with Gasteiger partial charge in [-0.05, 0) is 201 Å². The topological polar surface area (TPSA) is 0 Å². The fraction of sp³-hybridized carbons (Fsp3) is 0. The minimum atomic E-state index is 1.42. The molecule has 0 spiro atoms. The van der Waals surface area contributed by atoms with Crippen molar-refractivity contribution in [2.24, 2.45) is 0 Å². The van der Waals surface area contributed by atoms with E-state index in [1.54, 1.807) is 10.8 Å². The highest BCUT2D eigenvalue weighted by Gasteiger charge is 2.33. The molecule has 14 aromatic rings. The smallest absolute Gasteiger partial charge is 0.00000299 e. The summed E-state index contributed by atoms with van der Waals surface area (Å²) >= 11 is 0. The Bertz CT molecular complexity index is 2740. The van der Waals surface area contributed by atoms with Gasteiger partial charge in [-0.3, -0.25) is 0 Å². The monoisotopic (exact) mass is 442 g/mol. The molecule has 0 aliphatic heterocycles. The molecule has 0 bridgehead atoms. The Morgan fingerprint density at radius 1 is 0.139 bits per heavy atom. The molecule has 0 aromatic heterocycles. The van der Waals surface area contributed by atoms with Gasteiger partial charge < -0.3 is 0 Å². The van der Waals surface area contributed by atoms with Gasteiger partial charge in [-0.15, -0.1) is 0 Å². The van der Waals surface area contributed by atoms with E-state index in [0.717, 1.165) is 0 Å². The van der Waals surface area contributed by atoms with Gasteiger partial charge in [-0.25, -0.2) is 0 Å². The lowest BCUT2D eigenvalue weighted by Gasteiger charge is -2.23. The Morgan fingerprint density at radius 3 is 0.417 bits per heavy atom. The summed E-state index contributed by atoms with van der Waals surface area (Å²) in [5.74, 6) is 0. The highest BCUT2D eigenvalue weighted by atomic mass is 14.4. The molecule has 154 valence electrons. The second kappa shape index (κ2) is 3.75. The number of rotatable bonds is 0. The third kappa shape index (κ3) is 1.03. The molecule has 0 heterocycles. The molecular formula is C36H10. The first-order valence-corrected chi connectivity index (χ1v) is 13.0. The van der Waals surface area contributed by atoms with Crippen molar-refractivity contribution in [2.45, 2.75) is 0 Å². The fourth-order valence-electron chi connectivity index (χ4n) is 9.92. The number of hydrogen-bond acceptors (Lipinski definition) is 0. The van der Waals surface area contributed by atoms with Crippen LogP contribution in [0, 0.1) is 0 Å². The van der Waals surface area contributed by atoms with E-state index in [2.05, 4.69) is 60.7 Å². The molecule has 14 aromatic carbocycles. The largest absolute Gasteiger partial charge is 0.0464 e. The van der Waals surface area contributed by atoms with Crippen LogP contribution in [-0.4, -0.2) is 0 Å². The first kappa shape index (κ1) is 14.7. The Kier molecular flexibility index (Phi) is 1.53. The summed E-state index contributed by atoms with van der Waals surface area (Å²) < 4.78 is 0. The van der Waals surface area contributed by atoms with E-state index < -0.39 is 0 Å². The van der Waals surface area contributed by atoms with Crippen molar-refractivity contribution in [2.75, 3.05) is 0 Å². The van der Waals surface area contributed by atoms with Crippen LogP contribution in [0.2, 0.25) is 0 Å². The van der Waals surface area contributed by atoms with E-state index in [1.165, 1.54) is 129 Å². The van der Waals surface area contributed by atoms with Crippen LogP contribution in [0.4, 0.5) is 0 Å². The maximum absolute atomic E-state index is 2.48. The second-order valence-corrected chi connectivity index (χ2v) is 12.0. The third-order valence-corrected chi connectivity index (χ3v) is 10.7. The standard InChI is InChI=1S/C36H10/c1-11-2-14-6-18-10-20-8-16-4-12-3-15-7-19-9-17-5-13(1)23-21(11)24(14)32-29(18)30(20)34-26(16)22(12)25(15)33-28(19)27(17)31(23)35(32)36(33)34/h1-10H. The third-order valence-electron chi connectivity index (χ3n) is 10.7. The summed E-state index contributed by atoms with van der Waals surface area (Å²) in [5, 5.41) is 38.6.